The van der Waals surface area contributed by atoms with Crippen LogP contribution in [-0.2, 0) is 14.3 Å². The minimum atomic E-state index is -1.52. The van der Waals surface area contributed by atoms with E-state index >= 15 is 0 Å². The Balaban J connectivity index is 1.96. The number of esters is 1. The van der Waals surface area contributed by atoms with E-state index in [9.17, 15) is 14.7 Å². The highest BCUT2D eigenvalue weighted by atomic mass is 32.1. The highest BCUT2D eigenvalue weighted by Crippen LogP contribution is 2.54. The quantitative estimate of drug-likeness (QED) is 0.280. The van der Waals surface area contributed by atoms with Crippen LogP contribution in [0.1, 0.15) is 32.6 Å². The maximum Gasteiger partial charge on any atom is 0.339 e. The number of thiocarbonyl (C=S) groups is 1. The second-order valence-electron chi connectivity index (χ2n) is 6.85. The predicted molar refractivity (Wildman–Crippen MR) is 89.3 cm³/mol. The van der Waals surface area contributed by atoms with Gasteiger partial charge in [0.25, 0.3) is 0 Å². The molecule has 2 fully saturated rings. The summed E-state index contributed by atoms with van der Waals surface area (Å²) in [5.41, 5.74) is 2.00. The van der Waals surface area contributed by atoms with Crippen LogP contribution >= 0.6 is 12.2 Å². The van der Waals surface area contributed by atoms with E-state index in [1.807, 2.05) is 12.2 Å². The zero-order valence-corrected chi connectivity index (χ0v) is 14.3. The number of nitrogens with one attached hydrogen (secondary N) is 1. The van der Waals surface area contributed by atoms with Crippen LogP contribution in [0, 0.1) is 5.92 Å². The number of nitrogens with two attached hydrogens (primary N) is 1. The van der Waals surface area contributed by atoms with Crippen LogP contribution < -0.4 is 11.1 Å². The second-order valence-corrected chi connectivity index (χ2v) is 7.03. The van der Waals surface area contributed by atoms with Crippen LogP contribution in [0.5, 0.6) is 0 Å². The molecule has 0 spiro atoms. The van der Waals surface area contributed by atoms with E-state index in [2.05, 4.69) is 27.7 Å². The molecule has 24 heavy (non-hydrogen) atoms. The minimum absolute atomic E-state index is 0.140. The standard InChI is InChI=1S/C16H21N3O4S/c1-14-15(17,7-8-18-9-24)12(21)19-16(14,13(22)23-14)11(20)10-5-3-2-4-6-10/h3,5,10-11,20H,2,4,6-8,17H2,1H3,(H,19,21)/t10-,11+,14+,15-,16+/m1/s1. The molecule has 0 bridgehead atoms. The van der Waals surface area contributed by atoms with Gasteiger partial charge < -0.3 is 20.9 Å². The van der Waals surface area contributed by atoms with Gasteiger partial charge in [0.2, 0.25) is 11.4 Å². The zero-order valence-electron chi connectivity index (χ0n) is 13.4. The maximum atomic E-state index is 12.6. The van der Waals surface area contributed by atoms with Gasteiger partial charge in [-0.1, -0.05) is 12.2 Å². The first kappa shape index (κ1) is 17.2. The highest BCUT2D eigenvalue weighted by molar-refractivity contribution is 7.78. The van der Waals surface area contributed by atoms with Crippen molar-refractivity contribution in [2.24, 2.45) is 16.6 Å². The molecular weight excluding hydrogens is 330 g/mol. The summed E-state index contributed by atoms with van der Waals surface area (Å²) in [6.07, 6.45) is 5.53. The van der Waals surface area contributed by atoms with Crippen molar-refractivity contribution in [1.82, 2.24) is 5.32 Å². The number of allylic oxidation sites excluding steroid dienone is 1. The van der Waals surface area contributed by atoms with Gasteiger partial charge in [0.05, 0.1) is 17.8 Å². The fourth-order valence-electron chi connectivity index (χ4n) is 4.14. The fourth-order valence-corrected chi connectivity index (χ4v) is 4.24. The number of nitrogens with zero attached hydrogens (tertiary/aromatic N) is 1. The Labute approximate surface area is 145 Å². The largest absolute Gasteiger partial charge is 0.452 e. The summed E-state index contributed by atoms with van der Waals surface area (Å²) in [5.74, 6) is -1.39. The van der Waals surface area contributed by atoms with Gasteiger partial charge in [0.15, 0.2) is 5.60 Å². The van der Waals surface area contributed by atoms with Gasteiger partial charge >= 0.3 is 5.97 Å². The molecule has 3 rings (SSSR count). The van der Waals surface area contributed by atoms with E-state index < -0.39 is 34.7 Å². The number of aliphatic hydroxyl groups excluding tert-OH is 1. The Morgan fingerprint density at radius 3 is 2.96 bits per heavy atom. The zero-order chi connectivity index (χ0) is 17.6. The summed E-state index contributed by atoms with van der Waals surface area (Å²) in [4.78, 5) is 28.8. The molecule has 7 nitrogen and oxygen atoms in total. The molecule has 2 heterocycles. The van der Waals surface area contributed by atoms with Crippen LogP contribution in [0.15, 0.2) is 17.1 Å². The minimum Gasteiger partial charge on any atom is -0.452 e. The molecule has 2 saturated heterocycles. The van der Waals surface area contributed by atoms with Gasteiger partial charge in [-0.25, -0.2) is 9.79 Å². The molecular formula is C16H21N3O4S. The van der Waals surface area contributed by atoms with Crippen molar-refractivity contribution in [1.29, 1.82) is 0 Å². The SMILES string of the molecule is C[C@@]12OC(=O)[C@]1([C@@H](O)[C@@H]1C=CCCC1)NC(=O)[C@]2(N)CCN=C=S. The van der Waals surface area contributed by atoms with Crippen molar-refractivity contribution < 1.29 is 19.4 Å². The first-order valence-electron chi connectivity index (χ1n) is 8.07. The maximum absolute atomic E-state index is 12.6. The number of carbonyl (C=O) groups excluding carboxylic acids is 2. The normalized spacial score (nSPS) is 41.5. The molecule has 0 aromatic carbocycles. The van der Waals surface area contributed by atoms with Crippen LogP contribution in [0.3, 0.4) is 0 Å². The monoisotopic (exact) mass is 351 g/mol. The third-order valence-corrected chi connectivity index (χ3v) is 5.89. The first-order chi connectivity index (χ1) is 11.3. The smallest absolute Gasteiger partial charge is 0.339 e. The number of fused-ring (bicyclic) bond motifs is 1. The predicted octanol–water partition coefficient (Wildman–Crippen LogP) is 0.0781. The lowest BCUT2D eigenvalue weighted by Gasteiger charge is -2.56. The summed E-state index contributed by atoms with van der Waals surface area (Å²) in [6.45, 7) is 1.79. The summed E-state index contributed by atoms with van der Waals surface area (Å²) >= 11 is 4.53. The van der Waals surface area contributed by atoms with Gasteiger partial charge in [0, 0.05) is 5.92 Å². The van der Waals surface area contributed by atoms with Gasteiger partial charge in [-0.2, -0.15) is 0 Å². The van der Waals surface area contributed by atoms with Crippen molar-refractivity contribution in [3.63, 3.8) is 0 Å². The summed E-state index contributed by atoms with van der Waals surface area (Å²) < 4.78 is 5.36. The Bertz CT molecular complexity index is 662. The van der Waals surface area contributed by atoms with Crippen molar-refractivity contribution in [2.45, 2.75) is 55.4 Å². The molecule has 0 aromatic rings. The Kier molecular flexibility index (Phi) is 4.12. The van der Waals surface area contributed by atoms with E-state index in [1.165, 1.54) is 0 Å². The number of hydrogen-bond donors (Lipinski definition) is 3. The molecule has 130 valence electrons. The molecule has 1 aliphatic carbocycles. The van der Waals surface area contributed by atoms with Crippen molar-refractivity contribution in [2.75, 3.05) is 6.54 Å². The van der Waals surface area contributed by atoms with Crippen LogP contribution in [0.2, 0.25) is 0 Å². The van der Waals surface area contributed by atoms with Gasteiger partial charge in [-0.3, -0.25) is 4.79 Å². The van der Waals surface area contributed by atoms with E-state index in [1.54, 1.807) is 6.92 Å². The number of amides is 1. The molecule has 0 saturated carbocycles. The molecule has 3 aliphatic rings. The van der Waals surface area contributed by atoms with Crippen molar-refractivity contribution >= 4 is 29.3 Å². The Hall–Kier alpha value is -1.60. The number of isothiocyanates is 1. The third-order valence-electron chi connectivity index (χ3n) is 5.76. The average molecular weight is 351 g/mol. The highest BCUT2D eigenvalue weighted by Gasteiger charge is 2.84. The number of carbonyl (C=O) groups is 2. The van der Waals surface area contributed by atoms with Crippen molar-refractivity contribution in [3.05, 3.63) is 12.2 Å². The van der Waals surface area contributed by atoms with Crippen LogP contribution in [-0.4, -0.2) is 51.5 Å². The molecule has 8 heteroatoms. The first-order valence-corrected chi connectivity index (χ1v) is 8.47. The summed E-state index contributed by atoms with van der Waals surface area (Å²) in [5, 5.41) is 15.8. The number of ether oxygens (including phenoxy) is 1. The summed E-state index contributed by atoms with van der Waals surface area (Å²) in [7, 11) is 0. The van der Waals surface area contributed by atoms with Gasteiger partial charge in [0.1, 0.15) is 5.54 Å². The number of rotatable bonds is 5. The third kappa shape index (κ3) is 1.97. The summed E-state index contributed by atoms with van der Waals surface area (Å²) in [6, 6.07) is 0. The molecule has 2 aliphatic heterocycles. The molecule has 0 radical (unpaired) electrons. The van der Waals surface area contributed by atoms with Gasteiger partial charge in [-0.05, 0) is 44.8 Å². The fraction of sp³-hybridized carbons (Fsp3) is 0.688. The topological polar surface area (TPSA) is 114 Å². The van der Waals surface area contributed by atoms with Crippen LogP contribution in [0.4, 0.5) is 0 Å². The average Bonchev–Trinajstić information content (AvgIpc) is 2.71. The van der Waals surface area contributed by atoms with E-state index in [-0.39, 0.29) is 18.9 Å². The molecule has 1 amide bonds. The number of aliphatic imine (C=N–C) groups is 1. The molecule has 5 atom stereocenters. The van der Waals surface area contributed by atoms with Crippen LogP contribution in [0.25, 0.3) is 0 Å². The lowest BCUT2D eigenvalue weighted by molar-refractivity contribution is -0.240. The Morgan fingerprint density at radius 1 is 1.62 bits per heavy atom. The van der Waals surface area contributed by atoms with Crippen molar-refractivity contribution in [3.8, 4) is 0 Å². The Morgan fingerprint density at radius 2 is 2.38 bits per heavy atom. The lowest BCUT2D eigenvalue weighted by atomic mass is 9.62. The molecule has 0 unspecified atom stereocenters. The lowest BCUT2D eigenvalue weighted by Crippen LogP contribution is -2.83. The number of aliphatic hydroxyl groups is 1. The van der Waals surface area contributed by atoms with E-state index in [0.717, 1.165) is 19.3 Å². The van der Waals surface area contributed by atoms with E-state index in [0.29, 0.717) is 0 Å². The van der Waals surface area contributed by atoms with E-state index in [4.69, 9.17) is 10.5 Å². The number of hydrogen-bond acceptors (Lipinski definition) is 7. The van der Waals surface area contributed by atoms with Gasteiger partial charge in [-0.15, -0.1) is 0 Å². The second kappa shape index (κ2) is 5.74. The molecule has 0 aromatic heterocycles. The molecule has 4 N–H and O–H groups in total.